The second-order valence-electron chi connectivity index (χ2n) is 5.98. The molecule has 25 heavy (non-hydrogen) atoms. The molecular formula is C16H33N3O5S. The van der Waals surface area contributed by atoms with Crippen molar-refractivity contribution >= 4 is 15.9 Å². The number of hydrogen-bond donors (Lipinski definition) is 0. The Balaban J connectivity index is 2.33. The van der Waals surface area contributed by atoms with Crippen molar-refractivity contribution in [2.45, 2.75) is 20.3 Å². The lowest BCUT2D eigenvalue weighted by Gasteiger charge is -2.34. The summed E-state index contributed by atoms with van der Waals surface area (Å²) in [4.78, 5) is 16.2. The van der Waals surface area contributed by atoms with Gasteiger partial charge in [-0.2, -0.15) is 4.31 Å². The summed E-state index contributed by atoms with van der Waals surface area (Å²) >= 11 is 0. The van der Waals surface area contributed by atoms with Crippen LogP contribution in [0.4, 0.5) is 0 Å². The van der Waals surface area contributed by atoms with E-state index in [1.54, 1.807) is 12.0 Å². The summed E-state index contributed by atoms with van der Waals surface area (Å²) in [5, 5.41) is 0. The molecule has 1 rings (SSSR count). The maximum atomic E-state index is 12.3. The molecule has 1 aliphatic rings. The van der Waals surface area contributed by atoms with Gasteiger partial charge in [0.1, 0.15) is 0 Å². The number of ether oxygens (including phenoxy) is 2. The lowest BCUT2D eigenvalue weighted by molar-refractivity contribution is -0.132. The molecule has 1 amide bonds. The fourth-order valence-corrected chi connectivity index (χ4v) is 4.01. The molecule has 0 aromatic heterocycles. The Bertz CT molecular complexity index is 474. The summed E-state index contributed by atoms with van der Waals surface area (Å²) in [5.41, 5.74) is 0. The van der Waals surface area contributed by atoms with Gasteiger partial charge in [-0.05, 0) is 13.1 Å². The SMILES string of the molecule is CCN(CC)CCC(=O)N1CCN(S(=O)(=O)CCOCCOC)CC1. The number of piperazine rings is 1. The van der Waals surface area contributed by atoms with Crippen molar-refractivity contribution in [3.63, 3.8) is 0 Å². The van der Waals surface area contributed by atoms with E-state index in [2.05, 4.69) is 18.7 Å². The highest BCUT2D eigenvalue weighted by molar-refractivity contribution is 7.89. The molecule has 1 heterocycles. The van der Waals surface area contributed by atoms with E-state index in [1.807, 2.05) is 0 Å². The molecule has 148 valence electrons. The smallest absolute Gasteiger partial charge is 0.223 e. The third-order valence-corrected chi connectivity index (χ3v) is 6.27. The molecule has 0 unspecified atom stereocenters. The predicted molar refractivity (Wildman–Crippen MR) is 97.0 cm³/mol. The van der Waals surface area contributed by atoms with E-state index in [-0.39, 0.29) is 18.3 Å². The number of nitrogens with zero attached hydrogens (tertiary/aromatic N) is 3. The molecule has 1 saturated heterocycles. The first-order valence-corrected chi connectivity index (χ1v) is 10.6. The van der Waals surface area contributed by atoms with E-state index in [4.69, 9.17) is 9.47 Å². The number of carbonyl (C=O) groups is 1. The molecule has 1 aliphatic heterocycles. The van der Waals surface area contributed by atoms with E-state index in [1.165, 1.54) is 4.31 Å². The van der Waals surface area contributed by atoms with Crippen LogP contribution in [0.3, 0.4) is 0 Å². The monoisotopic (exact) mass is 379 g/mol. The molecule has 0 aliphatic carbocycles. The lowest BCUT2D eigenvalue weighted by atomic mass is 10.3. The van der Waals surface area contributed by atoms with Crippen LogP contribution in [0.15, 0.2) is 0 Å². The van der Waals surface area contributed by atoms with Gasteiger partial charge >= 0.3 is 0 Å². The molecule has 0 spiro atoms. The van der Waals surface area contributed by atoms with Gasteiger partial charge < -0.3 is 19.3 Å². The third kappa shape index (κ3) is 8.00. The van der Waals surface area contributed by atoms with E-state index < -0.39 is 10.0 Å². The van der Waals surface area contributed by atoms with Gasteiger partial charge in [-0.25, -0.2) is 8.42 Å². The highest BCUT2D eigenvalue weighted by Crippen LogP contribution is 2.09. The van der Waals surface area contributed by atoms with Crippen LogP contribution in [-0.2, 0) is 24.3 Å². The standard InChI is InChI=1S/C16H33N3O5S/c1-4-17(5-2)7-6-16(20)18-8-10-19(11-9-18)25(21,22)15-14-24-13-12-23-3/h4-15H2,1-3H3. The average molecular weight is 380 g/mol. The first-order valence-electron chi connectivity index (χ1n) is 8.99. The Hall–Kier alpha value is -0.740. The molecule has 0 saturated carbocycles. The van der Waals surface area contributed by atoms with Gasteiger partial charge in [-0.3, -0.25) is 4.79 Å². The van der Waals surface area contributed by atoms with Crippen molar-refractivity contribution in [2.24, 2.45) is 0 Å². The highest BCUT2D eigenvalue weighted by atomic mass is 32.2. The fourth-order valence-electron chi connectivity index (χ4n) is 2.71. The van der Waals surface area contributed by atoms with Crippen molar-refractivity contribution in [1.82, 2.24) is 14.1 Å². The largest absolute Gasteiger partial charge is 0.382 e. The van der Waals surface area contributed by atoms with Crippen molar-refractivity contribution in [1.29, 1.82) is 0 Å². The molecule has 0 N–H and O–H groups in total. The van der Waals surface area contributed by atoms with Gasteiger partial charge in [-0.1, -0.05) is 13.8 Å². The summed E-state index contributed by atoms with van der Waals surface area (Å²) in [6.45, 7) is 9.42. The second kappa shape index (κ2) is 11.8. The zero-order chi connectivity index (χ0) is 18.7. The fraction of sp³-hybridized carbons (Fsp3) is 0.938. The first kappa shape index (κ1) is 22.3. The quantitative estimate of drug-likeness (QED) is 0.439. The summed E-state index contributed by atoms with van der Waals surface area (Å²) in [7, 11) is -1.76. The van der Waals surface area contributed by atoms with Crippen LogP contribution in [0.1, 0.15) is 20.3 Å². The van der Waals surface area contributed by atoms with Gasteiger partial charge in [-0.15, -0.1) is 0 Å². The molecule has 0 radical (unpaired) electrons. The van der Waals surface area contributed by atoms with Crippen LogP contribution in [-0.4, -0.2) is 107 Å². The van der Waals surface area contributed by atoms with Crippen LogP contribution in [0.25, 0.3) is 0 Å². The van der Waals surface area contributed by atoms with Gasteiger partial charge in [0.25, 0.3) is 0 Å². The topological polar surface area (TPSA) is 79.4 Å². The highest BCUT2D eigenvalue weighted by Gasteiger charge is 2.28. The number of carbonyl (C=O) groups excluding carboxylic acids is 1. The Labute approximate surface area is 152 Å². The number of methoxy groups -OCH3 is 1. The first-order chi connectivity index (χ1) is 11.9. The minimum absolute atomic E-state index is 0.0351. The molecular weight excluding hydrogens is 346 g/mol. The van der Waals surface area contributed by atoms with Gasteiger partial charge in [0.15, 0.2) is 0 Å². The Morgan fingerprint density at radius 3 is 2.24 bits per heavy atom. The van der Waals surface area contributed by atoms with E-state index in [9.17, 15) is 13.2 Å². The van der Waals surface area contributed by atoms with E-state index in [0.29, 0.717) is 45.8 Å². The second-order valence-corrected chi connectivity index (χ2v) is 8.07. The van der Waals surface area contributed by atoms with E-state index in [0.717, 1.165) is 19.6 Å². The van der Waals surface area contributed by atoms with Crippen molar-refractivity contribution in [3.05, 3.63) is 0 Å². The van der Waals surface area contributed by atoms with Crippen LogP contribution >= 0.6 is 0 Å². The summed E-state index contributed by atoms with van der Waals surface area (Å²) in [6.07, 6.45) is 0.488. The number of amides is 1. The Morgan fingerprint density at radius 2 is 1.68 bits per heavy atom. The summed E-state index contributed by atoms with van der Waals surface area (Å²) in [5.74, 6) is 0.0685. The maximum Gasteiger partial charge on any atom is 0.223 e. The van der Waals surface area contributed by atoms with Crippen molar-refractivity contribution in [3.8, 4) is 0 Å². The van der Waals surface area contributed by atoms with E-state index >= 15 is 0 Å². The number of hydrogen-bond acceptors (Lipinski definition) is 6. The molecule has 9 heteroatoms. The average Bonchev–Trinajstić information content (AvgIpc) is 2.62. The molecule has 0 aromatic rings. The van der Waals surface area contributed by atoms with Gasteiger partial charge in [0.2, 0.25) is 15.9 Å². The molecule has 1 fully saturated rings. The zero-order valence-electron chi connectivity index (χ0n) is 15.8. The zero-order valence-corrected chi connectivity index (χ0v) is 16.6. The maximum absolute atomic E-state index is 12.3. The van der Waals surface area contributed by atoms with Crippen LogP contribution in [0.5, 0.6) is 0 Å². The Kier molecular flexibility index (Phi) is 10.5. The lowest BCUT2D eigenvalue weighted by Crippen LogP contribution is -2.51. The number of rotatable bonds is 12. The summed E-state index contributed by atoms with van der Waals surface area (Å²) in [6, 6.07) is 0. The summed E-state index contributed by atoms with van der Waals surface area (Å²) < 4.78 is 36.1. The van der Waals surface area contributed by atoms with Crippen LogP contribution in [0, 0.1) is 0 Å². The third-order valence-electron chi connectivity index (χ3n) is 4.44. The van der Waals surface area contributed by atoms with Crippen LogP contribution < -0.4 is 0 Å². The minimum atomic E-state index is -3.33. The van der Waals surface area contributed by atoms with Crippen molar-refractivity contribution in [2.75, 3.05) is 78.5 Å². The Morgan fingerprint density at radius 1 is 1.04 bits per heavy atom. The van der Waals surface area contributed by atoms with Crippen LogP contribution in [0.2, 0.25) is 0 Å². The van der Waals surface area contributed by atoms with Gasteiger partial charge in [0, 0.05) is 46.3 Å². The normalized spacial score (nSPS) is 16.6. The molecule has 0 aromatic carbocycles. The molecule has 0 atom stereocenters. The molecule has 0 bridgehead atoms. The van der Waals surface area contributed by atoms with Crippen molar-refractivity contribution < 1.29 is 22.7 Å². The molecule has 8 nitrogen and oxygen atoms in total. The number of sulfonamides is 1. The predicted octanol–water partition coefficient (Wildman–Crippen LogP) is -0.145. The van der Waals surface area contributed by atoms with Gasteiger partial charge in [0.05, 0.1) is 25.6 Å². The minimum Gasteiger partial charge on any atom is -0.382 e.